The highest BCUT2D eigenvalue weighted by Crippen LogP contribution is 2.63. The lowest BCUT2D eigenvalue weighted by molar-refractivity contribution is 0.0915. The third kappa shape index (κ3) is 4.57. The van der Waals surface area contributed by atoms with E-state index in [9.17, 15) is 8.78 Å². The molecular weight excluding hydrogens is 362 g/mol. The largest absolute Gasteiger partial charge is 0.258 e. The van der Waals surface area contributed by atoms with E-state index in [2.05, 4.69) is 19.1 Å². The second kappa shape index (κ2) is 9.06. The number of benzene rings is 1. The van der Waals surface area contributed by atoms with Gasteiger partial charge in [-0.15, -0.1) is 0 Å². The lowest BCUT2D eigenvalue weighted by atomic mass is 9.68. The summed E-state index contributed by atoms with van der Waals surface area (Å²) in [5, 5.41) is 0. The van der Waals surface area contributed by atoms with Gasteiger partial charge < -0.3 is 0 Å². The van der Waals surface area contributed by atoms with Crippen molar-refractivity contribution in [1.82, 2.24) is 0 Å². The van der Waals surface area contributed by atoms with E-state index in [4.69, 9.17) is 0 Å². The number of rotatable bonds is 7. The molecule has 0 unspecified atom stereocenters. The van der Waals surface area contributed by atoms with Crippen LogP contribution in [0.15, 0.2) is 24.3 Å². The van der Waals surface area contributed by atoms with E-state index in [0.29, 0.717) is 12.3 Å². The summed E-state index contributed by atoms with van der Waals surface area (Å²) >= 11 is 0. The minimum absolute atomic E-state index is 0.429. The summed E-state index contributed by atoms with van der Waals surface area (Å²) in [6, 6.07) is 8.33. The van der Waals surface area contributed by atoms with Crippen molar-refractivity contribution in [3.8, 4) is 0 Å². The fraction of sp³-hybridized carbons (Fsp3) is 0.778. The molecule has 2 heteroatoms. The van der Waals surface area contributed by atoms with E-state index in [1.807, 2.05) is 19.1 Å². The fourth-order valence-corrected chi connectivity index (χ4v) is 6.77. The van der Waals surface area contributed by atoms with Crippen molar-refractivity contribution in [3.05, 3.63) is 35.4 Å². The van der Waals surface area contributed by atoms with E-state index in [-0.39, 0.29) is 0 Å². The summed E-state index contributed by atoms with van der Waals surface area (Å²) in [4.78, 5) is 0. The Bertz CT molecular complexity index is 633. The monoisotopic (exact) mass is 402 g/mol. The average molecular weight is 403 g/mol. The van der Waals surface area contributed by atoms with Crippen molar-refractivity contribution in [2.24, 2.45) is 23.7 Å². The normalized spacial score (nSPS) is 36.7. The number of alkyl halides is 2. The van der Waals surface area contributed by atoms with Crippen molar-refractivity contribution >= 4 is 0 Å². The summed E-state index contributed by atoms with van der Waals surface area (Å²) < 4.78 is 28.2. The molecule has 162 valence electrons. The molecule has 0 radical (unpaired) electrons. The topological polar surface area (TPSA) is 0 Å². The second-order valence-corrected chi connectivity index (χ2v) is 10.4. The highest BCUT2D eigenvalue weighted by atomic mass is 19.3. The van der Waals surface area contributed by atoms with E-state index in [1.54, 1.807) is 0 Å². The Morgan fingerprint density at radius 2 is 1.24 bits per heavy atom. The van der Waals surface area contributed by atoms with Crippen LogP contribution in [0.25, 0.3) is 0 Å². The highest BCUT2D eigenvalue weighted by Gasteiger charge is 2.67. The van der Waals surface area contributed by atoms with Crippen LogP contribution in [0, 0.1) is 23.7 Å². The Kier molecular flexibility index (Phi) is 6.66. The van der Waals surface area contributed by atoms with Crippen molar-refractivity contribution in [1.29, 1.82) is 0 Å². The summed E-state index contributed by atoms with van der Waals surface area (Å²) in [5.74, 6) is 0.110. The van der Waals surface area contributed by atoms with Gasteiger partial charge in [-0.1, -0.05) is 70.2 Å². The van der Waals surface area contributed by atoms with Gasteiger partial charge in [-0.3, -0.25) is 0 Å². The maximum atomic E-state index is 14.1. The van der Waals surface area contributed by atoms with E-state index in [1.165, 1.54) is 69.8 Å². The van der Waals surface area contributed by atoms with Gasteiger partial charge >= 0.3 is 0 Å². The van der Waals surface area contributed by atoms with Crippen LogP contribution < -0.4 is 0 Å². The molecule has 3 saturated carbocycles. The first-order valence-corrected chi connectivity index (χ1v) is 12.5. The lowest BCUT2D eigenvalue weighted by Crippen LogP contribution is -2.25. The van der Waals surface area contributed by atoms with Gasteiger partial charge in [-0.05, 0) is 79.7 Å². The number of hydrogen-bond acceptors (Lipinski definition) is 0. The van der Waals surface area contributed by atoms with E-state index in [0.717, 1.165) is 29.7 Å². The van der Waals surface area contributed by atoms with Crippen LogP contribution in [0.2, 0.25) is 0 Å². The molecule has 3 aliphatic carbocycles. The van der Waals surface area contributed by atoms with Gasteiger partial charge in [0.2, 0.25) is 0 Å². The van der Waals surface area contributed by atoms with Crippen LogP contribution >= 0.6 is 0 Å². The zero-order valence-corrected chi connectivity index (χ0v) is 18.5. The van der Waals surface area contributed by atoms with Gasteiger partial charge in [0, 0.05) is 5.92 Å². The number of halogens is 2. The van der Waals surface area contributed by atoms with Crippen LogP contribution in [0.5, 0.6) is 0 Å². The molecule has 1 aromatic carbocycles. The van der Waals surface area contributed by atoms with Crippen LogP contribution in [0.3, 0.4) is 0 Å². The Hall–Kier alpha value is -0.920. The van der Waals surface area contributed by atoms with Crippen LogP contribution in [0.1, 0.15) is 114 Å². The molecule has 0 aliphatic heterocycles. The van der Waals surface area contributed by atoms with Crippen LogP contribution in [-0.4, -0.2) is 5.92 Å². The molecule has 0 nitrogen and oxygen atoms in total. The molecule has 3 aliphatic rings. The minimum Gasteiger partial charge on any atom is -0.206 e. The molecule has 29 heavy (non-hydrogen) atoms. The maximum Gasteiger partial charge on any atom is 0.258 e. The molecule has 2 atom stereocenters. The molecule has 0 heterocycles. The van der Waals surface area contributed by atoms with Crippen molar-refractivity contribution in [2.45, 2.75) is 109 Å². The fourth-order valence-electron chi connectivity index (χ4n) is 6.77. The van der Waals surface area contributed by atoms with Crippen molar-refractivity contribution in [2.75, 3.05) is 0 Å². The van der Waals surface area contributed by atoms with Gasteiger partial charge in [0.15, 0.2) is 0 Å². The smallest absolute Gasteiger partial charge is 0.206 e. The predicted molar refractivity (Wildman–Crippen MR) is 118 cm³/mol. The Morgan fingerprint density at radius 1 is 0.724 bits per heavy atom. The molecule has 1 aromatic rings. The summed E-state index contributed by atoms with van der Waals surface area (Å²) in [6.45, 7) is 4.32. The third-order valence-corrected chi connectivity index (χ3v) is 8.60. The van der Waals surface area contributed by atoms with Crippen LogP contribution in [0.4, 0.5) is 8.78 Å². The second-order valence-electron chi connectivity index (χ2n) is 10.4. The summed E-state index contributed by atoms with van der Waals surface area (Å²) in [7, 11) is 0. The van der Waals surface area contributed by atoms with E-state index >= 15 is 0 Å². The van der Waals surface area contributed by atoms with Gasteiger partial charge in [-0.2, -0.15) is 0 Å². The first-order valence-electron chi connectivity index (χ1n) is 12.5. The van der Waals surface area contributed by atoms with Gasteiger partial charge in [0.05, 0.1) is 5.92 Å². The molecule has 0 amide bonds. The average Bonchev–Trinajstić information content (AvgIpc) is 3.29. The molecule has 0 aromatic heterocycles. The zero-order valence-electron chi connectivity index (χ0n) is 18.5. The first kappa shape index (κ1) is 21.3. The Balaban J connectivity index is 1.27. The third-order valence-electron chi connectivity index (χ3n) is 8.60. The summed E-state index contributed by atoms with van der Waals surface area (Å²) in [6.07, 6.45) is 15.4. The SMILES string of the molecule is CCCC1CCC(C2CCC(c3ccc([C@@H]4[C@@H](CCC)C4(F)F)cc3)CC2)CC1. The lowest BCUT2D eigenvalue weighted by Gasteiger charge is -2.38. The first-order chi connectivity index (χ1) is 14.0. The summed E-state index contributed by atoms with van der Waals surface area (Å²) in [5.41, 5.74) is 2.24. The molecule has 3 fully saturated rings. The molecule has 0 saturated heterocycles. The number of hydrogen-bond donors (Lipinski definition) is 0. The standard InChI is InChI=1S/C27H40F2/c1-3-5-19-7-9-20(10-8-19)21-11-13-22(14-12-21)23-15-17-24(18-16-23)26-25(6-4-2)27(26,28)29/h15-22,25-26H,3-14H2,1-2H3/t19?,20?,21?,22?,25-,26-/m1/s1. The Morgan fingerprint density at radius 3 is 1.79 bits per heavy atom. The van der Waals surface area contributed by atoms with Gasteiger partial charge in [-0.25, -0.2) is 8.78 Å². The molecule has 0 spiro atoms. The predicted octanol–water partition coefficient (Wildman–Crippen LogP) is 8.72. The van der Waals surface area contributed by atoms with Crippen molar-refractivity contribution in [3.63, 3.8) is 0 Å². The van der Waals surface area contributed by atoms with E-state index < -0.39 is 17.8 Å². The highest BCUT2D eigenvalue weighted by molar-refractivity contribution is 5.35. The molecule has 4 rings (SSSR count). The Labute approximate surface area is 176 Å². The maximum absolute atomic E-state index is 14.1. The molecular formula is C27H40F2. The van der Waals surface area contributed by atoms with Gasteiger partial charge in [0.1, 0.15) is 0 Å². The van der Waals surface area contributed by atoms with Crippen molar-refractivity contribution < 1.29 is 8.78 Å². The quantitative estimate of drug-likeness (QED) is 0.428. The van der Waals surface area contributed by atoms with Crippen LogP contribution in [-0.2, 0) is 0 Å². The minimum atomic E-state index is -2.48. The van der Waals surface area contributed by atoms with Gasteiger partial charge in [0.25, 0.3) is 5.92 Å². The zero-order chi connectivity index (χ0) is 20.4. The molecule has 0 bridgehead atoms. The molecule has 0 N–H and O–H groups in total.